The third-order valence-electron chi connectivity index (χ3n) is 7.62. The summed E-state index contributed by atoms with van der Waals surface area (Å²) in [5.74, 6) is 0.356. The minimum atomic E-state index is -0.520. The van der Waals surface area contributed by atoms with Crippen LogP contribution in [0.25, 0.3) is 11.0 Å². The summed E-state index contributed by atoms with van der Waals surface area (Å²) in [7, 11) is 0. The Labute approximate surface area is 245 Å². The average Bonchev–Trinajstić information content (AvgIpc) is 3.64. The quantitative estimate of drug-likeness (QED) is 0.162. The first-order valence-corrected chi connectivity index (χ1v) is 15.8. The zero-order chi connectivity index (χ0) is 28.7. The van der Waals surface area contributed by atoms with Crippen molar-refractivity contribution in [2.75, 3.05) is 31.6 Å². The Hall–Kier alpha value is -3.20. The highest BCUT2D eigenvalue weighted by molar-refractivity contribution is 5.95. The lowest BCUT2D eigenvalue weighted by Crippen LogP contribution is -2.18. The van der Waals surface area contributed by atoms with Gasteiger partial charge in [-0.1, -0.05) is 89.5 Å². The lowest BCUT2D eigenvalue weighted by atomic mass is 10.1. The molecule has 3 heterocycles. The number of hydrogen-bond donors (Lipinski definition) is 1. The van der Waals surface area contributed by atoms with Gasteiger partial charge in [0.05, 0.1) is 31.3 Å². The molecule has 0 unspecified atom stereocenters. The van der Waals surface area contributed by atoms with Crippen LogP contribution in [0.4, 0.5) is 10.6 Å². The van der Waals surface area contributed by atoms with Gasteiger partial charge in [-0.15, -0.1) is 0 Å². The number of rotatable bonds is 18. The molecule has 224 valence electrons. The fourth-order valence-corrected chi connectivity index (χ4v) is 5.17. The molecule has 1 N–H and O–H groups in total. The SMILES string of the molecule is CCCCCCCCCCOC(=O)Nc1nc(OCCCC)nc2c1cnn2Cc1ccc(CN2CCCC2)cc1. The van der Waals surface area contributed by atoms with Crippen LogP contribution in [-0.2, 0) is 17.8 Å². The van der Waals surface area contributed by atoms with Crippen LogP contribution in [0.5, 0.6) is 6.01 Å². The van der Waals surface area contributed by atoms with E-state index in [0.717, 1.165) is 37.8 Å². The maximum atomic E-state index is 12.6. The maximum Gasteiger partial charge on any atom is 0.412 e. The van der Waals surface area contributed by atoms with Crippen LogP contribution in [0.15, 0.2) is 30.5 Å². The largest absolute Gasteiger partial charge is 0.463 e. The molecule has 4 rings (SSSR count). The first kappa shape index (κ1) is 30.8. The fourth-order valence-electron chi connectivity index (χ4n) is 5.17. The highest BCUT2D eigenvalue weighted by Gasteiger charge is 2.17. The Morgan fingerprint density at radius 2 is 1.49 bits per heavy atom. The van der Waals surface area contributed by atoms with Gasteiger partial charge < -0.3 is 9.47 Å². The number of amides is 1. The van der Waals surface area contributed by atoms with E-state index in [4.69, 9.17) is 9.47 Å². The molecule has 1 aliphatic rings. The molecule has 1 aliphatic heterocycles. The van der Waals surface area contributed by atoms with Gasteiger partial charge in [0.1, 0.15) is 0 Å². The molecule has 9 heteroatoms. The highest BCUT2D eigenvalue weighted by atomic mass is 16.5. The number of nitrogens with one attached hydrogen (secondary N) is 1. The third-order valence-corrected chi connectivity index (χ3v) is 7.62. The summed E-state index contributed by atoms with van der Waals surface area (Å²) in [6.45, 7) is 9.17. The Kier molecular flexibility index (Phi) is 12.7. The molecule has 0 bridgehead atoms. The number of fused-ring (bicyclic) bond motifs is 1. The van der Waals surface area contributed by atoms with E-state index >= 15 is 0 Å². The molecule has 1 amide bonds. The summed E-state index contributed by atoms with van der Waals surface area (Å²) in [5.41, 5.74) is 3.07. The predicted octanol–water partition coefficient (Wildman–Crippen LogP) is 7.34. The molecule has 1 saturated heterocycles. The van der Waals surface area contributed by atoms with Gasteiger partial charge in [-0.25, -0.2) is 9.48 Å². The second-order valence-electron chi connectivity index (χ2n) is 11.1. The highest BCUT2D eigenvalue weighted by Crippen LogP contribution is 2.24. The lowest BCUT2D eigenvalue weighted by Gasteiger charge is -2.14. The number of anilines is 1. The molecule has 2 aromatic heterocycles. The van der Waals surface area contributed by atoms with Gasteiger partial charge in [-0.2, -0.15) is 15.1 Å². The number of ether oxygens (including phenoxy) is 2. The minimum Gasteiger partial charge on any atom is -0.463 e. The minimum absolute atomic E-state index is 0.229. The zero-order valence-corrected chi connectivity index (χ0v) is 25.1. The second kappa shape index (κ2) is 16.9. The van der Waals surface area contributed by atoms with Crippen molar-refractivity contribution in [2.45, 2.75) is 104 Å². The number of benzene rings is 1. The molecule has 0 atom stereocenters. The van der Waals surface area contributed by atoms with Crippen LogP contribution in [0.3, 0.4) is 0 Å². The molecule has 0 aliphatic carbocycles. The van der Waals surface area contributed by atoms with Crippen LogP contribution < -0.4 is 10.1 Å². The van der Waals surface area contributed by atoms with Crippen molar-refractivity contribution >= 4 is 22.9 Å². The first-order chi connectivity index (χ1) is 20.2. The molecule has 0 radical (unpaired) electrons. The van der Waals surface area contributed by atoms with Gasteiger partial charge in [-0.3, -0.25) is 10.2 Å². The van der Waals surface area contributed by atoms with Gasteiger partial charge in [-0.05, 0) is 49.9 Å². The third kappa shape index (κ3) is 9.99. The van der Waals surface area contributed by atoms with Crippen molar-refractivity contribution in [1.29, 1.82) is 0 Å². The molecule has 1 aromatic carbocycles. The van der Waals surface area contributed by atoms with Crippen molar-refractivity contribution in [3.05, 3.63) is 41.6 Å². The molecule has 1 fully saturated rings. The van der Waals surface area contributed by atoms with Crippen molar-refractivity contribution in [3.8, 4) is 6.01 Å². The van der Waals surface area contributed by atoms with Crippen LogP contribution in [-0.4, -0.2) is 57.0 Å². The summed E-state index contributed by atoms with van der Waals surface area (Å²) in [5, 5.41) is 8.05. The topological polar surface area (TPSA) is 94.4 Å². The van der Waals surface area contributed by atoms with E-state index < -0.39 is 6.09 Å². The van der Waals surface area contributed by atoms with E-state index in [-0.39, 0.29) is 6.01 Å². The molecular formula is C32H48N6O3. The average molecular weight is 565 g/mol. The van der Waals surface area contributed by atoms with Crippen LogP contribution in [0, 0.1) is 0 Å². The number of nitrogens with zero attached hydrogens (tertiary/aromatic N) is 5. The second-order valence-corrected chi connectivity index (χ2v) is 11.1. The van der Waals surface area contributed by atoms with E-state index in [9.17, 15) is 4.79 Å². The Bertz CT molecular complexity index is 1190. The summed E-state index contributed by atoms with van der Waals surface area (Å²) in [6, 6.07) is 8.93. The number of carbonyl (C=O) groups excluding carboxylic acids is 1. The zero-order valence-electron chi connectivity index (χ0n) is 25.1. The fraction of sp³-hybridized carbons (Fsp3) is 0.625. The molecule has 9 nitrogen and oxygen atoms in total. The van der Waals surface area contributed by atoms with E-state index in [1.165, 1.54) is 70.0 Å². The number of unbranched alkanes of at least 4 members (excludes halogenated alkanes) is 8. The molecular weight excluding hydrogens is 516 g/mol. The van der Waals surface area contributed by atoms with Crippen LogP contribution in [0.2, 0.25) is 0 Å². The summed E-state index contributed by atoms with van der Waals surface area (Å²) in [6.07, 6.45) is 15.2. The van der Waals surface area contributed by atoms with E-state index in [1.807, 2.05) is 4.68 Å². The van der Waals surface area contributed by atoms with Crippen molar-refractivity contribution < 1.29 is 14.3 Å². The van der Waals surface area contributed by atoms with Gasteiger partial charge in [0.2, 0.25) is 0 Å². The van der Waals surface area contributed by atoms with Gasteiger partial charge >= 0.3 is 12.1 Å². The summed E-state index contributed by atoms with van der Waals surface area (Å²) in [4.78, 5) is 24.3. The summed E-state index contributed by atoms with van der Waals surface area (Å²) < 4.78 is 13.1. The van der Waals surface area contributed by atoms with Gasteiger partial charge in [0.25, 0.3) is 0 Å². The normalized spacial score (nSPS) is 13.6. The lowest BCUT2D eigenvalue weighted by molar-refractivity contribution is 0.159. The smallest absolute Gasteiger partial charge is 0.412 e. The molecule has 0 saturated carbocycles. The standard InChI is InChI=1S/C32H48N6O3/c1-3-5-7-8-9-10-11-14-22-41-32(39)35-29-28-23-33-38(30(28)36-31(34-29)40-21-6-4-2)25-27-17-15-26(16-18-27)24-37-19-12-13-20-37/h15-18,23H,3-14,19-22,24-25H2,1-2H3,(H,34,35,36,39). The van der Waals surface area contributed by atoms with Crippen molar-refractivity contribution in [1.82, 2.24) is 24.6 Å². The Morgan fingerprint density at radius 1 is 0.829 bits per heavy atom. The monoisotopic (exact) mass is 564 g/mol. The van der Waals surface area contributed by atoms with E-state index in [2.05, 4.69) is 63.4 Å². The first-order valence-electron chi connectivity index (χ1n) is 15.8. The van der Waals surface area contributed by atoms with Crippen LogP contribution >= 0.6 is 0 Å². The van der Waals surface area contributed by atoms with E-state index in [1.54, 1.807) is 6.20 Å². The maximum absolute atomic E-state index is 12.6. The predicted molar refractivity (Wildman–Crippen MR) is 163 cm³/mol. The Morgan fingerprint density at radius 3 is 2.20 bits per heavy atom. The van der Waals surface area contributed by atoms with E-state index in [0.29, 0.717) is 36.6 Å². The number of likely N-dealkylation sites (tertiary alicyclic amines) is 1. The van der Waals surface area contributed by atoms with Crippen LogP contribution in [0.1, 0.15) is 102 Å². The molecule has 0 spiro atoms. The summed E-state index contributed by atoms with van der Waals surface area (Å²) >= 11 is 0. The number of carbonyl (C=O) groups is 1. The van der Waals surface area contributed by atoms with Crippen molar-refractivity contribution in [3.63, 3.8) is 0 Å². The Balaban J connectivity index is 1.36. The van der Waals surface area contributed by atoms with Gasteiger partial charge in [0.15, 0.2) is 11.5 Å². The number of hydrogen-bond acceptors (Lipinski definition) is 7. The van der Waals surface area contributed by atoms with Gasteiger partial charge in [0, 0.05) is 6.54 Å². The molecule has 41 heavy (non-hydrogen) atoms. The van der Waals surface area contributed by atoms with Crippen molar-refractivity contribution in [2.24, 2.45) is 0 Å². The number of aromatic nitrogens is 4. The molecule has 3 aromatic rings.